The van der Waals surface area contributed by atoms with Crippen molar-refractivity contribution in [2.45, 2.75) is 39.3 Å². The fraction of sp³-hybridized carbons (Fsp3) is 0.857. The Balaban J connectivity index is 0. The lowest BCUT2D eigenvalue weighted by atomic mass is 11.7. The van der Waals surface area contributed by atoms with Crippen LogP contribution in [0.5, 0.6) is 0 Å². The average molecular weight is 253 g/mol. The van der Waals surface area contributed by atoms with Crippen LogP contribution in [0.25, 0.3) is 0 Å². The Morgan fingerprint density at radius 2 is 1.21 bits per heavy atom. The summed E-state index contributed by atoms with van der Waals surface area (Å²) in [6.45, 7) is 13.0. The summed E-state index contributed by atoms with van der Waals surface area (Å²) in [5.74, 6) is 0. The Bertz CT molecular complexity index is 168. The molecule has 0 radical (unpaired) electrons. The van der Waals surface area contributed by atoms with Crippen molar-refractivity contribution in [2.24, 2.45) is 0 Å². The van der Waals surface area contributed by atoms with Crippen molar-refractivity contribution in [2.75, 3.05) is 0 Å². The van der Waals surface area contributed by atoms with Crippen LogP contribution in [-0.2, 0) is 13.2 Å². The van der Waals surface area contributed by atoms with Crippen LogP contribution < -0.4 is 0 Å². The summed E-state index contributed by atoms with van der Waals surface area (Å²) in [7, 11) is -2.44. The lowest BCUT2D eigenvalue weighted by molar-refractivity contribution is 0.516. The van der Waals surface area contributed by atoms with Gasteiger partial charge in [0.2, 0.25) is 6.08 Å². The molecule has 84 valence electrons. The minimum atomic E-state index is -1.35. The van der Waals surface area contributed by atoms with Gasteiger partial charge in [-0.15, -0.1) is 0 Å². The first-order valence-corrected chi connectivity index (χ1v) is 11.9. The third-order valence-electron chi connectivity index (χ3n) is 0.696. The molecule has 0 aliphatic rings. The zero-order valence-electron chi connectivity index (χ0n) is 9.72. The molecule has 0 aliphatic carbocycles. The summed E-state index contributed by atoms with van der Waals surface area (Å²) in [6, 6.07) is 0. The third kappa shape index (κ3) is 22.7. The zero-order valence-corrected chi connectivity index (χ0v) is 12.7. The third-order valence-corrected chi connectivity index (χ3v) is 6.26. The number of carbonyl (C=O) groups excluding carboxylic acids is 1. The molecular weight excluding hydrogens is 233 g/mol. The summed E-state index contributed by atoms with van der Waals surface area (Å²) < 4.78 is 11.2. The Hall–Kier alpha value is 0.164. The van der Waals surface area contributed by atoms with Gasteiger partial charge in [0.05, 0.1) is 0 Å². The number of hydrogen-bond donors (Lipinski definition) is 1. The van der Waals surface area contributed by atoms with Gasteiger partial charge in [-0.1, -0.05) is 0 Å². The highest BCUT2D eigenvalue weighted by Gasteiger charge is 2.18. The molecule has 0 rings (SSSR count). The van der Waals surface area contributed by atoms with E-state index < -0.39 is 16.6 Å². The smallest absolute Gasteiger partial charge is 0.231 e. The summed E-state index contributed by atoms with van der Waals surface area (Å²) in [6.07, 6.45) is 0.750. The number of isocyanates is 1. The predicted molar refractivity (Wildman–Crippen MR) is 65.6 cm³/mol. The topological polar surface area (TPSA) is 59.4 Å². The monoisotopic (exact) mass is 253 g/mol. The van der Waals surface area contributed by atoms with Crippen LogP contribution in [0, 0.1) is 5.41 Å². The number of hydrogen-bond acceptors (Lipinski definition) is 4. The first-order chi connectivity index (χ1) is 6.12. The highest BCUT2D eigenvalue weighted by Crippen LogP contribution is 2.25. The molecule has 0 amide bonds. The minimum absolute atomic E-state index is 0.258. The van der Waals surface area contributed by atoms with E-state index in [-0.39, 0.29) is 9.03 Å². The van der Waals surface area contributed by atoms with Gasteiger partial charge in [0.25, 0.3) is 0 Å². The van der Waals surface area contributed by atoms with E-state index in [0.29, 0.717) is 0 Å². The van der Waals surface area contributed by atoms with Crippen molar-refractivity contribution in [3.8, 4) is 0 Å². The van der Waals surface area contributed by atoms with E-state index in [9.17, 15) is 0 Å². The molecule has 0 saturated carbocycles. The molecule has 4 nitrogen and oxygen atoms in total. The molecule has 0 bridgehead atoms. The van der Waals surface area contributed by atoms with Gasteiger partial charge < -0.3 is 8.43 Å². The van der Waals surface area contributed by atoms with E-state index >= 15 is 0 Å². The van der Waals surface area contributed by atoms with Gasteiger partial charge in [-0.25, -0.2) is 10.2 Å². The van der Waals surface area contributed by atoms with Crippen LogP contribution in [0.4, 0.5) is 0 Å². The quantitative estimate of drug-likeness (QED) is 0.362. The lowest BCUT2D eigenvalue weighted by Crippen LogP contribution is -2.25. The fourth-order valence-corrected chi connectivity index (χ4v) is 2.81. The number of nitrogens with one attached hydrogen (secondary N) is 1. The fourth-order valence-electron chi connectivity index (χ4n) is 0.271. The highest BCUT2D eigenvalue weighted by atomic mass is 31.1. The Kier molecular flexibility index (Phi) is 8.83. The van der Waals surface area contributed by atoms with Crippen molar-refractivity contribution >= 4 is 31.7 Å². The van der Waals surface area contributed by atoms with Crippen molar-refractivity contribution in [3.63, 3.8) is 0 Å². The molecule has 7 heteroatoms. The van der Waals surface area contributed by atoms with Gasteiger partial charge >= 0.3 is 0 Å². The first kappa shape index (κ1) is 16.6. The second-order valence-corrected chi connectivity index (χ2v) is 14.9. The molecule has 0 unspecified atom stereocenters. The predicted octanol–water partition coefficient (Wildman–Crippen LogP) is 3.10. The van der Waals surface area contributed by atoms with Gasteiger partial charge in [-0.05, 0) is 39.3 Å². The van der Waals surface area contributed by atoms with Gasteiger partial charge in [0.15, 0.2) is 16.6 Å². The van der Waals surface area contributed by atoms with E-state index in [0.717, 1.165) is 6.08 Å². The molecule has 0 aromatic heterocycles. The SMILES string of the molecule is C[Si](C)(C)OPO[Si](C)(C)C.N=C=O. The van der Waals surface area contributed by atoms with Crippen LogP contribution in [0.2, 0.25) is 39.3 Å². The summed E-state index contributed by atoms with van der Waals surface area (Å²) in [5, 5.41) is 5.40. The van der Waals surface area contributed by atoms with E-state index in [2.05, 4.69) is 39.3 Å². The first-order valence-electron chi connectivity index (χ1n) is 4.27. The zero-order chi connectivity index (χ0) is 11.8. The van der Waals surface area contributed by atoms with Crippen LogP contribution in [0.15, 0.2) is 0 Å². The maximum Gasteiger partial charge on any atom is 0.231 e. The molecule has 0 fully saturated rings. The molecule has 0 saturated heterocycles. The molecule has 0 aromatic rings. The second kappa shape index (κ2) is 7.45. The summed E-state index contributed by atoms with van der Waals surface area (Å²) in [4.78, 5) is 8.35. The lowest BCUT2D eigenvalue weighted by Gasteiger charge is -2.21. The maximum atomic E-state index is 8.35. The van der Waals surface area contributed by atoms with Crippen molar-refractivity contribution < 1.29 is 13.2 Å². The van der Waals surface area contributed by atoms with Crippen LogP contribution in [-0.4, -0.2) is 22.7 Å². The van der Waals surface area contributed by atoms with Crippen molar-refractivity contribution in [1.82, 2.24) is 0 Å². The van der Waals surface area contributed by atoms with Crippen LogP contribution >= 0.6 is 9.03 Å². The van der Waals surface area contributed by atoms with Crippen LogP contribution in [0.1, 0.15) is 0 Å². The largest absolute Gasteiger partial charge is 0.378 e. The van der Waals surface area contributed by atoms with Gasteiger partial charge in [-0.3, -0.25) is 0 Å². The van der Waals surface area contributed by atoms with E-state index in [1.807, 2.05) is 0 Å². The molecule has 0 aliphatic heterocycles. The molecule has 0 aromatic carbocycles. The Morgan fingerprint density at radius 3 is 1.36 bits per heavy atom. The molecule has 1 N–H and O–H groups in total. The van der Waals surface area contributed by atoms with Gasteiger partial charge in [-0.2, -0.15) is 0 Å². The molecule has 0 heterocycles. The molecule has 0 spiro atoms. The van der Waals surface area contributed by atoms with Crippen molar-refractivity contribution in [1.29, 1.82) is 5.41 Å². The normalized spacial score (nSPS) is 11.3. The standard InChI is InChI=1S/C6H19O2PSi2.CHNO/c1-10(2,3)7-9-8-11(4,5)6;2-1-3/h9H,1-6H3;2H. The van der Waals surface area contributed by atoms with Gasteiger partial charge in [0.1, 0.15) is 9.03 Å². The molecule has 0 atom stereocenters. The minimum Gasteiger partial charge on any atom is -0.378 e. The maximum absolute atomic E-state index is 8.35. The Labute approximate surface area is 90.1 Å². The number of rotatable bonds is 4. The van der Waals surface area contributed by atoms with Crippen molar-refractivity contribution in [3.05, 3.63) is 0 Å². The van der Waals surface area contributed by atoms with Crippen LogP contribution in [0.3, 0.4) is 0 Å². The molecule has 14 heavy (non-hydrogen) atoms. The summed E-state index contributed by atoms with van der Waals surface area (Å²) >= 11 is 0. The molecular formula is C7H20NO3PSi2. The van der Waals surface area contributed by atoms with E-state index in [4.69, 9.17) is 18.6 Å². The Morgan fingerprint density at radius 1 is 1.00 bits per heavy atom. The second-order valence-electron chi connectivity index (χ2n) is 4.61. The van der Waals surface area contributed by atoms with Gasteiger partial charge in [0, 0.05) is 0 Å². The average Bonchev–Trinajstić information content (AvgIpc) is 1.81. The summed E-state index contributed by atoms with van der Waals surface area (Å²) in [5.41, 5.74) is 0. The van der Waals surface area contributed by atoms with E-state index in [1.165, 1.54) is 0 Å². The highest BCUT2D eigenvalue weighted by molar-refractivity contribution is 7.31. The van der Waals surface area contributed by atoms with E-state index in [1.54, 1.807) is 0 Å².